The maximum atomic E-state index is 11.9. The van der Waals surface area contributed by atoms with Crippen LogP contribution in [0.1, 0.15) is 32.2 Å². The van der Waals surface area contributed by atoms with Gasteiger partial charge in [0.2, 0.25) is 5.91 Å². The quantitative estimate of drug-likeness (QED) is 0.818. The molecule has 5 heteroatoms. The van der Waals surface area contributed by atoms with Crippen molar-refractivity contribution in [2.45, 2.75) is 32.2 Å². The van der Waals surface area contributed by atoms with E-state index >= 15 is 0 Å². The number of nitrogens with one attached hydrogen (secondary N) is 2. The van der Waals surface area contributed by atoms with Crippen LogP contribution in [0.15, 0.2) is 18.5 Å². The van der Waals surface area contributed by atoms with Gasteiger partial charge in [-0.3, -0.25) is 9.48 Å². The largest absolute Gasteiger partial charge is 0.354 e. The molecule has 0 saturated carbocycles. The number of aromatic nitrogens is 2. The van der Waals surface area contributed by atoms with E-state index in [1.54, 1.807) is 10.9 Å². The fraction of sp³-hybridized carbons (Fsp3) is 0.692. The second-order valence-corrected chi connectivity index (χ2v) is 4.95. The van der Waals surface area contributed by atoms with Crippen molar-refractivity contribution in [3.63, 3.8) is 0 Å². The van der Waals surface area contributed by atoms with E-state index in [4.69, 9.17) is 0 Å². The maximum absolute atomic E-state index is 11.9. The first kappa shape index (κ1) is 13.1. The third-order valence-corrected chi connectivity index (χ3v) is 3.55. The van der Waals surface area contributed by atoms with E-state index in [2.05, 4.69) is 15.7 Å². The molecule has 5 nitrogen and oxygen atoms in total. The van der Waals surface area contributed by atoms with Gasteiger partial charge in [-0.15, -0.1) is 0 Å². The lowest BCUT2D eigenvalue weighted by Gasteiger charge is -2.23. The zero-order valence-corrected chi connectivity index (χ0v) is 10.9. The minimum atomic E-state index is -0.232. The molecule has 1 aromatic heterocycles. The minimum absolute atomic E-state index is 0.0440. The van der Waals surface area contributed by atoms with Gasteiger partial charge in [0.1, 0.15) is 6.04 Å². The average Bonchev–Trinajstić information content (AvgIpc) is 2.93. The van der Waals surface area contributed by atoms with Gasteiger partial charge in [-0.2, -0.15) is 5.10 Å². The summed E-state index contributed by atoms with van der Waals surface area (Å²) in [6.45, 7) is 4.85. The zero-order chi connectivity index (χ0) is 12.8. The normalized spacial score (nSPS) is 21.5. The van der Waals surface area contributed by atoms with Crippen LogP contribution >= 0.6 is 0 Å². The van der Waals surface area contributed by atoms with Crippen LogP contribution in [0.2, 0.25) is 0 Å². The first-order valence-electron chi connectivity index (χ1n) is 6.75. The number of hydrogen-bond donors (Lipinski definition) is 2. The second kappa shape index (κ2) is 6.54. The molecule has 0 aliphatic carbocycles. The van der Waals surface area contributed by atoms with E-state index in [0.717, 1.165) is 26.1 Å². The van der Waals surface area contributed by atoms with Gasteiger partial charge in [0, 0.05) is 18.9 Å². The first-order valence-corrected chi connectivity index (χ1v) is 6.75. The van der Waals surface area contributed by atoms with Crippen molar-refractivity contribution in [3.8, 4) is 0 Å². The molecule has 2 heterocycles. The molecule has 2 unspecified atom stereocenters. The van der Waals surface area contributed by atoms with Crippen molar-refractivity contribution in [3.05, 3.63) is 18.5 Å². The fourth-order valence-corrected chi connectivity index (χ4v) is 2.35. The molecule has 0 spiro atoms. The van der Waals surface area contributed by atoms with Crippen LogP contribution in [0, 0.1) is 5.92 Å². The molecule has 2 N–H and O–H groups in total. The molecule has 0 aromatic carbocycles. The third kappa shape index (κ3) is 3.57. The summed E-state index contributed by atoms with van der Waals surface area (Å²) in [5.74, 6) is 0.751. The number of carbonyl (C=O) groups excluding carboxylic acids is 1. The van der Waals surface area contributed by atoms with E-state index in [-0.39, 0.29) is 11.9 Å². The molecule has 1 amide bonds. The van der Waals surface area contributed by atoms with E-state index in [9.17, 15) is 4.79 Å². The SMILES string of the molecule is CC(C(=O)NCCC1CCCNC1)n1cccn1. The van der Waals surface area contributed by atoms with Crippen molar-refractivity contribution >= 4 is 5.91 Å². The highest BCUT2D eigenvalue weighted by atomic mass is 16.2. The van der Waals surface area contributed by atoms with E-state index < -0.39 is 0 Å². The molecule has 0 radical (unpaired) electrons. The van der Waals surface area contributed by atoms with Crippen molar-refractivity contribution in [2.24, 2.45) is 5.92 Å². The molecule has 1 fully saturated rings. The lowest BCUT2D eigenvalue weighted by Crippen LogP contribution is -2.35. The summed E-state index contributed by atoms with van der Waals surface area (Å²) in [6, 6.07) is 1.60. The summed E-state index contributed by atoms with van der Waals surface area (Å²) in [7, 11) is 0. The van der Waals surface area contributed by atoms with Crippen LogP contribution in [-0.2, 0) is 4.79 Å². The first-order chi connectivity index (χ1) is 8.77. The van der Waals surface area contributed by atoms with Gasteiger partial charge in [0.05, 0.1) is 0 Å². The van der Waals surface area contributed by atoms with Gasteiger partial charge in [0.25, 0.3) is 0 Å². The number of piperidine rings is 1. The van der Waals surface area contributed by atoms with Gasteiger partial charge in [-0.05, 0) is 51.3 Å². The Morgan fingerprint density at radius 2 is 2.56 bits per heavy atom. The molecule has 1 aliphatic heterocycles. The van der Waals surface area contributed by atoms with Gasteiger partial charge in [0.15, 0.2) is 0 Å². The van der Waals surface area contributed by atoms with Gasteiger partial charge >= 0.3 is 0 Å². The molecular weight excluding hydrogens is 228 g/mol. The van der Waals surface area contributed by atoms with Crippen LogP contribution in [0.4, 0.5) is 0 Å². The van der Waals surface area contributed by atoms with Crippen molar-refractivity contribution < 1.29 is 4.79 Å². The predicted molar refractivity (Wildman–Crippen MR) is 70.2 cm³/mol. The summed E-state index contributed by atoms with van der Waals surface area (Å²) in [6.07, 6.45) is 7.09. The van der Waals surface area contributed by atoms with Crippen LogP contribution in [0.5, 0.6) is 0 Å². The molecule has 1 saturated heterocycles. The Bertz CT molecular complexity index is 357. The summed E-state index contributed by atoms with van der Waals surface area (Å²) in [5, 5.41) is 10.5. The van der Waals surface area contributed by atoms with E-state index in [0.29, 0.717) is 5.92 Å². The van der Waals surface area contributed by atoms with Crippen LogP contribution in [0.25, 0.3) is 0 Å². The Morgan fingerprint density at radius 3 is 3.22 bits per heavy atom. The lowest BCUT2D eigenvalue weighted by molar-refractivity contribution is -0.124. The Hall–Kier alpha value is -1.36. The smallest absolute Gasteiger partial charge is 0.244 e. The van der Waals surface area contributed by atoms with Crippen LogP contribution < -0.4 is 10.6 Å². The Labute approximate surface area is 108 Å². The molecule has 0 bridgehead atoms. The predicted octanol–water partition coefficient (Wildman–Crippen LogP) is 0.950. The Balaban J connectivity index is 1.68. The van der Waals surface area contributed by atoms with Gasteiger partial charge < -0.3 is 10.6 Å². The monoisotopic (exact) mass is 250 g/mol. The third-order valence-electron chi connectivity index (χ3n) is 3.55. The standard InChI is InChI=1S/C13H22N4O/c1-11(17-9-3-7-16-17)13(18)15-8-5-12-4-2-6-14-10-12/h3,7,9,11-12,14H,2,4-6,8,10H2,1H3,(H,15,18). The summed E-state index contributed by atoms with van der Waals surface area (Å²) < 4.78 is 1.68. The number of hydrogen-bond acceptors (Lipinski definition) is 3. The number of carbonyl (C=O) groups is 1. The maximum Gasteiger partial charge on any atom is 0.244 e. The van der Waals surface area contributed by atoms with Gasteiger partial charge in [-0.1, -0.05) is 0 Å². The molecule has 1 aliphatic rings. The molecule has 18 heavy (non-hydrogen) atoms. The molecular formula is C13H22N4O. The zero-order valence-electron chi connectivity index (χ0n) is 10.9. The lowest BCUT2D eigenvalue weighted by atomic mass is 9.96. The van der Waals surface area contributed by atoms with Crippen molar-refractivity contribution in [2.75, 3.05) is 19.6 Å². The number of nitrogens with zero attached hydrogens (tertiary/aromatic N) is 2. The molecule has 100 valence electrons. The molecule has 2 atom stereocenters. The highest BCUT2D eigenvalue weighted by molar-refractivity contribution is 5.79. The highest BCUT2D eigenvalue weighted by Crippen LogP contribution is 2.13. The van der Waals surface area contributed by atoms with Crippen LogP contribution in [0.3, 0.4) is 0 Å². The molecule has 1 aromatic rings. The molecule has 2 rings (SSSR count). The fourth-order valence-electron chi connectivity index (χ4n) is 2.35. The summed E-state index contributed by atoms with van der Waals surface area (Å²) in [4.78, 5) is 11.9. The summed E-state index contributed by atoms with van der Waals surface area (Å²) >= 11 is 0. The van der Waals surface area contributed by atoms with Crippen molar-refractivity contribution in [1.29, 1.82) is 0 Å². The Kier molecular flexibility index (Phi) is 4.75. The second-order valence-electron chi connectivity index (χ2n) is 4.95. The van der Waals surface area contributed by atoms with Gasteiger partial charge in [-0.25, -0.2) is 0 Å². The summed E-state index contributed by atoms with van der Waals surface area (Å²) in [5.41, 5.74) is 0. The van der Waals surface area contributed by atoms with Crippen molar-refractivity contribution in [1.82, 2.24) is 20.4 Å². The highest BCUT2D eigenvalue weighted by Gasteiger charge is 2.16. The number of rotatable bonds is 5. The van der Waals surface area contributed by atoms with E-state index in [1.807, 2.05) is 19.2 Å². The number of amides is 1. The average molecular weight is 250 g/mol. The Morgan fingerprint density at radius 1 is 1.67 bits per heavy atom. The topological polar surface area (TPSA) is 59.0 Å². The van der Waals surface area contributed by atoms with E-state index in [1.165, 1.54) is 12.8 Å². The van der Waals surface area contributed by atoms with Crippen LogP contribution in [-0.4, -0.2) is 35.3 Å². The minimum Gasteiger partial charge on any atom is -0.354 e.